The van der Waals surface area contributed by atoms with Gasteiger partial charge in [-0.2, -0.15) is 0 Å². The van der Waals surface area contributed by atoms with Crippen LogP contribution in [0.5, 0.6) is 11.6 Å². The molecule has 2 N–H and O–H groups in total. The van der Waals surface area contributed by atoms with Crippen molar-refractivity contribution in [2.75, 3.05) is 6.61 Å². The Hall–Kier alpha value is -2.05. The number of hydrogen-bond acceptors (Lipinski definition) is 5. The zero-order valence-electron chi connectivity index (χ0n) is 11.2. The molecule has 0 radical (unpaired) electrons. The van der Waals surface area contributed by atoms with Gasteiger partial charge in [0.2, 0.25) is 5.88 Å². The first kappa shape index (κ1) is 14.4. The van der Waals surface area contributed by atoms with Crippen LogP contribution in [0.3, 0.4) is 0 Å². The van der Waals surface area contributed by atoms with Crippen molar-refractivity contribution in [2.24, 2.45) is 0 Å². The van der Waals surface area contributed by atoms with Crippen LogP contribution in [0, 0.1) is 0 Å². The number of aromatic nitrogens is 1. The average molecular weight is 273 g/mol. The maximum Gasteiger partial charge on any atom is 0.493 e. The minimum atomic E-state index is -1.62. The zero-order chi connectivity index (χ0) is 14.4. The maximum atomic E-state index is 9.22. The van der Waals surface area contributed by atoms with Gasteiger partial charge in [0.1, 0.15) is 12.4 Å². The first-order chi connectivity index (χ1) is 9.70. The molecule has 0 amide bonds. The molecule has 1 aromatic heterocycles. The third-order valence-electron chi connectivity index (χ3n) is 2.68. The van der Waals surface area contributed by atoms with Gasteiger partial charge in [-0.05, 0) is 12.5 Å². The second kappa shape index (κ2) is 6.93. The number of hydrogen-bond donors (Lipinski definition) is 2. The molecule has 6 heteroatoms. The molecule has 0 bridgehead atoms. The van der Waals surface area contributed by atoms with Crippen LogP contribution in [0.2, 0.25) is 0 Å². The van der Waals surface area contributed by atoms with E-state index in [0.29, 0.717) is 24.8 Å². The van der Waals surface area contributed by atoms with Gasteiger partial charge in [0.05, 0.1) is 6.61 Å². The van der Waals surface area contributed by atoms with Gasteiger partial charge < -0.3 is 19.5 Å². The van der Waals surface area contributed by atoms with E-state index in [0.717, 1.165) is 5.56 Å². The van der Waals surface area contributed by atoms with Gasteiger partial charge in [-0.3, -0.25) is 0 Å². The van der Waals surface area contributed by atoms with Crippen molar-refractivity contribution < 1.29 is 19.5 Å². The van der Waals surface area contributed by atoms with Crippen LogP contribution in [0.4, 0.5) is 0 Å². The monoisotopic (exact) mass is 273 g/mol. The molecule has 104 valence electrons. The summed E-state index contributed by atoms with van der Waals surface area (Å²) >= 11 is 0. The highest BCUT2D eigenvalue weighted by molar-refractivity contribution is 6.59. The Labute approximate surface area is 118 Å². The van der Waals surface area contributed by atoms with Crippen molar-refractivity contribution in [2.45, 2.75) is 13.5 Å². The highest BCUT2D eigenvalue weighted by Crippen LogP contribution is 2.16. The van der Waals surface area contributed by atoms with Crippen molar-refractivity contribution in [3.05, 3.63) is 48.2 Å². The second-order valence-corrected chi connectivity index (χ2v) is 4.14. The first-order valence-electron chi connectivity index (χ1n) is 6.36. The molecule has 5 nitrogen and oxygen atoms in total. The highest BCUT2D eigenvalue weighted by Gasteiger charge is 2.18. The van der Waals surface area contributed by atoms with Gasteiger partial charge in [-0.1, -0.05) is 30.3 Å². The molecule has 2 rings (SSSR count). The third-order valence-corrected chi connectivity index (χ3v) is 2.68. The Morgan fingerprint density at radius 3 is 2.55 bits per heavy atom. The van der Waals surface area contributed by atoms with Gasteiger partial charge >= 0.3 is 7.12 Å². The Balaban J connectivity index is 2.10. The summed E-state index contributed by atoms with van der Waals surface area (Å²) in [5, 5.41) is 18.4. The van der Waals surface area contributed by atoms with Crippen molar-refractivity contribution in [1.82, 2.24) is 4.98 Å². The van der Waals surface area contributed by atoms with Crippen LogP contribution in [-0.4, -0.2) is 28.8 Å². The molecule has 0 aliphatic rings. The fraction of sp³-hybridized carbons (Fsp3) is 0.214. The van der Waals surface area contributed by atoms with Crippen LogP contribution in [-0.2, 0) is 6.61 Å². The summed E-state index contributed by atoms with van der Waals surface area (Å²) in [4.78, 5) is 4.04. The number of nitrogens with zero attached hydrogens (tertiary/aromatic N) is 1. The molecule has 0 aliphatic carbocycles. The quantitative estimate of drug-likeness (QED) is 0.759. The molecular formula is C14H16BNO4. The average Bonchev–Trinajstić information content (AvgIpc) is 2.46. The van der Waals surface area contributed by atoms with Crippen LogP contribution in [0.25, 0.3) is 0 Å². The number of pyridine rings is 1. The lowest BCUT2D eigenvalue weighted by Gasteiger charge is -2.11. The Morgan fingerprint density at radius 2 is 1.90 bits per heavy atom. The molecule has 1 heterocycles. The summed E-state index contributed by atoms with van der Waals surface area (Å²) < 4.78 is 10.9. The fourth-order valence-corrected chi connectivity index (χ4v) is 1.71. The summed E-state index contributed by atoms with van der Waals surface area (Å²) in [7, 11) is -1.62. The van der Waals surface area contributed by atoms with Crippen molar-refractivity contribution in [3.63, 3.8) is 0 Å². The van der Waals surface area contributed by atoms with E-state index in [9.17, 15) is 10.0 Å². The minimum Gasteiger partial charge on any atom is -0.494 e. The van der Waals surface area contributed by atoms with Crippen molar-refractivity contribution in [1.29, 1.82) is 0 Å². The number of rotatable bonds is 6. The van der Waals surface area contributed by atoms with E-state index in [1.807, 2.05) is 37.3 Å². The first-order valence-corrected chi connectivity index (χ1v) is 6.36. The lowest BCUT2D eigenvalue weighted by atomic mass is 9.81. The molecule has 0 saturated heterocycles. The number of benzene rings is 1. The molecule has 2 aromatic rings. The summed E-state index contributed by atoms with van der Waals surface area (Å²) in [5.41, 5.74) is 1.25. The van der Waals surface area contributed by atoms with E-state index in [-0.39, 0.29) is 5.46 Å². The largest absolute Gasteiger partial charge is 0.494 e. The molecule has 20 heavy (non-hydrogen) atoms. The summed E-state index contributed by atoms with van der Waals surface area (Å²) in [5.74, 6) is 0.738. The van der Waals surface area contributed by atoms with Crippen LogP contribution in [0.1, 0.15) is 12.5 Å². The predicted molar refractivity (Wildman–Crippen MR) is 76.0 cm³/mol. The zero-order valence-corrected chi connectivity index (χ0v) is 11.2. The molecule has 0 aliphatic heterocycles. The molecule has 0 atom stereocenters. The van der Waals surface area contributed by atoms with Gasteiger partial charge in [0.15, 0.2) is 0 Å². The highest BCUT2D eigenvalue weighted by atomic mass is 16.5. The lowest BCUT2D eigenvalue weighted by Crippen LogP contribution is -2.32. The number of ether oxygens (including phenoxy) is 2. The van der Waals surface area contributed by atoms with Crippen molar-refractivity contribution >= 4 is 12.6 Å². The SMILES string of the molecule is CCOc1cc(OCc2ccccc2)ncc1B(O)O. The standard InChI is InChI=1S/C14H16BNO4/c1-2-19-13-8-14(16-9-12(13)15(17)18)20-10-11-6-4-3-5-7-11/h3-9,17-18H,2,10H2,1H3. The van der Waals surface area contributed by atoms with Crippen molar-refractivity contribution in [3.8, 4) is 11.6 Å². The minimum absolute atomic E-state index is 0.221. The fourth-order valence-electron chi connectivity index (χ4n) is 1.71. The van der Waals surface area contributed by atoms with Crippen LogP contribution >= 0.6 is 0 Å². The molecule has 1 aromatic carbocycles. The summed E-state index contributed by atoms with van der Waals surface area (Å²) in [6.45, 7) is 2.63. The maximum absolute atomic E-state index is 9.22. The second-order valence-electron chi connectivity index (χ2n) is 4.14. The summed E-state index contributed by atoms with van der Waals surface area (Å²) in [6.07, 6.45) is 1.34. The van der Waals surface area contributed by atoms with E-state index in [2.05, 4.69) is 4.98 Å². The Kier molecular flexibility index (Phi) is 4.98. The molecule has 0 saturated carbocycles. The van der Waals surface area contributed by atoms with Gasteiger partial charge in [0.25, 0.3) is 0 Å². The molecule has 0 spiro atoms. The normalized spacial score (nSPS) is 10.2. The molecule has 0 fully saturated rings. The van der Waals surface area contributed by atoms with Gasteiger partial charge in [-0.25, -0.2) is 4.98 Å². The van der Waals surface area contributed by atoms with E-state index < -0.39 is 7.12 Å². The Morgan fingerprint density at radius 1 is 1.15 bits per heavy atom. The van der Waals surface area contributed by atoms with Crippen LogP contribution < -0.4 is 14.9 Å². The molecular weight excluding hydrogens is 257 g/mol. The third kappa shape index (κ3) is 3.72. The lowest BCUT2D eigenvalue weighted by molar-refractivity contribution is 0.288. The van der Waals surface area contributed by atoms with E-state index >= 15 is 0 Å². The Bertz CT molecular complexity index is 548. The summed E-state index contributed by atoms with van der Waals surface area (Å²) in [6, 6.07) is 11.3. The predicted octanol–water partition coefficient (Wildman–Crippen LogP) is 0.739. The van der Waals surface area contributed by atoms with E-state index in [4.69, 9.17) is 9.47 Å². The topological polar surface area (TPSA) is 71.8 Å². The smallest absolute Gasteiger partial charge is 0.493 e. The van der Waals surface area contributed by atoms with E-state index in [1.54, 1.807) is 6.07 Å². The van der Waals surface area contributed by atoms with E-state index in [1.165, 1.54) is 6.20 Å². The molecule has 0 unspecified atom stereocenters. The van der Waals surface area contributed by atoms with Gasteiger partial charge in [-0.15, -0.1) is 0 Å². The van der Waals surface area contributed by atoms with Crippen LogP contribution in [0.15, 0.2) is 42.6 Å². The van der Waals surface area contributed by atoms with Gasteiger partial charge in [0, 0.05) is 17.7 Å².